The second kappa shape index (κ2) is 5.45. The summed E-state index contributed by atoms with van der Waals surface area (Å²) in [5.74, 6) is 0.0919. The van der Waals surface area contributed by atoms with Crippen molar-refractivity contribution in [3.05, 3.63) is 81.3 Å². The zero-order chi connectivity index (χ0) is 15.0. The van der Waals surface area contributed by atoms with E-state index in [1.807, 2.05) is 68.4 Å². The van der Waals surface area contributed by atoms with Crippen molar-refractivity contribution < 1.29 is 4.79 Å². The van der Waals surface area contributed by atoms with E-state index in [0.717, 1.165) is 37.5 Å². The molecule has 0 spiro atoms. The van der Waals surface area contributed by atoms with Gasteiger partial charge in [-0.3, -0.25) is 4.79 Å². The number of hydrogen-bond donors (Lipinski definition) is 0. The van der Waals surface area contributed by atoms with E-state index in [1.54, 1.807) is 0 Å². The van der Waals surface area contributed by atoms with Crippen LogP contribution in [0.4, 0.5) is 0 Å². The Kier molecular flexibility index (Phi) is 3.64. The number of hydrogen-bond acceptors (Lipinski definition) is 1. The first-order chi connectivity index (χ1) is 10.1. The van der Waals surface area contributed by atoms with Gasteiger partial charge >= 0.3 is 0 Å². The molecule has 0 saturated carbocycles. The minimum Gasteiger partial charge on any atom is -0.289 e. The largest absolute Gasteiger partial charge is 0.289 e. The number of ketones is 1. The fraction of sp³-hybridized carbons (Fsp3) is 0.105. The van der Waals surface area contributed by atoms with Crippen LogP contribution in [0, 0.1) is 13.8 Å². The summed E-state index contributed by atoms with van der Waals surface area (Å²) < 4.78 is 1.01. The van der Waals surface area contributed by atoms with Crippen LogP contribution in [0.25, 0.3) is 10.8 Å². The molecular weight excluding hydrogens is 324 g/mol. The van der Waals surface area contributed by atoms with Gasteiger partial charge in [0.15, 0.2) is 5.78 Å². The maximum atomic E-state index is 13.0. The summed E-state index contributed by atoms with van der Waals surface area (Å²) in [6.45, 7) is 3.97. The third-order valence-electron chi connectivity index (χ3n) is 3.82. The lowest BCUT2D eigenvalue weighted by molar-refractivity contribution is 0.103. The summed E-state index contributed by atoms with van der Waals surface area (Å²) in [6.07, 6.45) is 0. The molecule has 0 saturated heterocycles. The maximum absolute atomic E-state index is 13.0. The second-order valence-corrected chi connectivity index (χ2v) is 6.09. The lowest BCUT2D eigenvalue weighted by Crippen LogP contribution is -2.07. The van der Waals surface area contributed by atoms with Crippen molar-refractivity contribution in [2.24, 2.45) is 0 Å². The molecule has 0 aromatic heterocycles. The molecule has 1 nitrogen and oxygen atoms in total. The first-order valence-electron chi connectivity index (χ1n) is 6.88. The van der Waals surface area contributed by atoms with Crippen LogP contribution in [0.1, 0.15) is 27.0 Å². The fourth-order valence-corrected chi connectivity index (χ4v) is 3.25. The van der Waals surface area contributed by atoms with Crippen molar-refractivity contribution in [2.75, 3.05) is 0 Å². The molecule has 0 aliphatic rings. The quantitative estimate of drug-likeness (QED) is 0.568. The average molecular weight is 339 g/mol. The Morgan fingerprint density at radius 1 is 0.810 bits per heavy atom. The van der Waals surface area contributed by atoms with Crippen LogP contribution in [0.2, 0.25) is 0 Å². The van der Waals surface area contributed by atoms with E-state index in [9.17, 15) is 4.79 Å². The van der Waals surface area contributed by atoms with Crippen LogP contribution in [0.15, 0.2) is 59.1 Å². The standard InChI is InChI=1S/C19H15BrO/c1-12-6-5-7-13(2)18(12)19(21)16-10-11-17(20)15-9-4-3-8-14(15)16/h3-11H,1-2H3. The molecule has 3 rings (SSSR count). The molecule has 0 aliphatic heterocycles. The van der Waals surface area contributed by atoms with Crippen molar-refractivity contribution in [2.45, 2.75) is 13.8 Å². The number of aryl methyl sites for hydroxylation is 2. The van der Waals surface area contributed by atoms with Crippen LogP contribution in [0.3, 0.4) is 0 Å². The summed E-state index contributed by atoms with van der Waals surface area (Å²) >= 11 is 3.55. The Hall–Kier alpha value is -1.93. The van der Waals surface area contributed by atoms with Crippen molar-refractivity contribution in [1.82, 2.24) is 0 Å². The maximum Gasteiger partial charge on any atom is 0.194 e. The van der Waals surface area contributed by atoms with Crippen molar-refractivity contribution in [1.29, 1.82) is 0 Å². The first-order valence-corrected chi connectivity index (χ1v) is 7.67. The molecule has 0 unspecified atom stereocenters. The molecule has 0 N–H and O–H groups in total. The number of fused-ring (bicyclic) bond motifs is 1. The summed E-state index contributed by atoms with van der Waals surface area (Å²) in [4.78, 5) is 13.0. The van der Waals surface area contributed by atoms with Crippen LogP contribution in [-0.4, -0.2) is 5.78 Å². The Labute approximate surface area is 132 Å². The predicted molar refractivity (Wildman–Crippen MR) is 91.0 cm³/mol. The highest BCUT2D eigenvalue weighted by Gasteiger charge is 2.17. The van der Waals surface area contributed by atoms with Crippen LogP contribution in [-0.2, 0) is 0 Å². The molecule has 104 valence electrons. The third kappa shape index (κ3) is 2.40. The second-order valence-electron chi connectivity index (χ2n) is 5.24. The Morgan fingerprint density at radius 3 is 2.10 bits per heavy atom. The van der Waals surface area contributed by atoms with E-state index >= 15 is 0 Å². The van der Waals surface area contributed by atoms with Crippen molar-refractivity contribution >= 4 is 32.5 Å². The SMILES string of the molecule is Cc1cccc(C)c1C(=O)c1ccc(Br)c2ccccc12. The van der Waals surface area contributed by atoms with Gasteiger partial charge in [0.05, 0.1) is 0 Å². The van der Waals surface area contributed by atoms with E-state index in [0.29, 0.717) is 0 Å². The predicted octanol–water partition coefficient (Wildman–Crippen LogP) is 5.45. The van der Waals surface area contributed by atoms with Gasteiger partial charge in [0, 0.05) is 15.6 Å². The number of carbonyl (C=O) groups is 1. The van der Waals surface area contributed by atoms with Gasteiger partial charge in [0.2, 0.25) is 0 Å². The van der Waals surface area contributed by atoms with Gasteiger partial charge in [0.25, 0.3) is 0 Å². The molecule has 3 aromatic carbocycles. The highest BCUT2D eigenvalue weighted by Crippen LogP contribution is 2.29. The molecule has 0 atom stereocenters. The zero-order valence-electron chi connectivity index (χ0n) is 12.0. The molecule has 21 heavy (non-hydrogen) atoms. The molecule has 0 fully saturated rings. The normalized spacial score (nSPS) is 10.8. The lowest BCUT2D eigenvalue weighted by atomic mass is 9.92. The van der Waals surface area contributed by atoms with Crippen molar-refractivity contribution in [3.8, 4) is 0 Å². The fourth-order valence-electron chi connectivity index (χ4n) is 2.77. The molecule has 2 heteroatoms. The van der Waals surface area contributed by atoms with Gasteiger partial charge in [-0.15, -0.1) is 0 Å². The highest BCUT2D eigenvalue weighted by atomic mass is 79.9. The Bertz CT molecular complexity index is 829. The van der Waals surface area contributed by atoms with Gasteiger partial charge in [-0.05, 0) is 47.9 Å². The van der Waals surface area contributed by atoms with Gasteiger partial charge in [-0.25, -0.2) is 0 Å². The molecule has 0 bridgehead atoms. The number of carbonyl (C=O) groups excluding carboxylic acids is 1. The molecule has 0 aliphatic carbocycles. The molecule has 3 aromatic rings. The van der Waals surface area contributed by atoms with Gasteiger partial charge in [-0.2, -0.15) is 0 Å². The first kappa shape index (κ1) is 14.0. The lowest BCUT2D eigenvalue weighted by Gasteiger charge is -2.11. The van der Waals surface area contributed by atoms with E-state index in [4.69, 9.17) is 0 Å². The molecule has 0 amide bonds. The minimum absolute atomic E-state index is 0.0919. The third-order valence-corrected chi connectivity index (χ3v) is 4.52. The van der Waals surface area contributed by atoms with E-state index in [-0.39, 0.29) is 5.78 Å². The van der Waals surface area contributed by atoms with E-state index < -0.39 is 0 Å². The number of rotatable bonds is 2. The van der Waals surface area contributed by atoms with Gasteiger partial charge < -0.3 is 0 Å². The highest BCUT2D eigenvalue weighted by molar-refractivity contribution is 9.10. The smallest absolute Gasteiger partial charge is 0.194 e. The van der Waals surface area contributed by atoms with Gasteiger partial charge in [-0.1, -0.05) is 58.4 Å². The Morgan fingerprint density at radius 2 is 1.43 bits per heavy atom. The average Bonchev–Trinajstić information content (AvgIpc) is 2.47. The summed E-state index contributed by atoms with van der Waals surface area (Å²) in [7, 11) is 0. The topological polar surface area (TPSA) is 17.1 Å². The summed E-state index contributed by atoms with van der Waals surface area (Å²) in [5.41, 5.74) is 3.61. The van der Waals surface area contributed by atoms with Crippen LogP contribution < -0.4 is 0 Å². The summed E-state index contributed by atoms with van der Waals surface area (Å²) in [6, 6.07) is 17.8. The summed E-state index contributed by atoms with van der Waals surface area (Å²) in [5, 5.41) is 2.05. The molecular formula is C19H15BrO. The van der Waals surface area contributed by atoms with E-state index in [1.165, 1.54) is 0 Å². The number of halogens is 1. The minimum atomic E-state index is 0.0919. The van der Waals surface area contributed by atoms with E-state index in [2.05, 4.69) is 15.9 Å². The Balaban J connectivity index is 2.26. The van der Waals surface area contributed by atoms with Gasteiger partial charge in [0.1, 0.15) is 0 Å². The van der Waals surface area contributed by atoms with Crippen molar-refractivity contribution in [3.63, 3.8) is 0 Å². The van der Waals surface area contributed by atoms with Crippen LogP contribution >= 0.6 is 15.9 Å². The van der Waals surface area contributed by atoms with Crippen LogP contribution in [0.5, 0.6) is 0 Å². The molecule has 0 heterocycles. The number of benzene rings is 3. The monoisotopic (exact) mass is 338 g/mol. The zero-order valence-corrected chi connectivity index (χ0v) is 13.6. The molecule has 0 radical (unpaired) electrons.